The average Bonchev–Trinajstić information content (AvgIpc) is 3.10. The SMILES string of the molecule is Cc1nc(C2CC2)nc(SC(C)C(=O)O)c1C(=O)O. The molecule has 1 aliphatic rings. The van der Waals surface area contributed by atoms with Crippen molar-refractivity contribution in [1.29, 1.82) is 0 Å². The van der Waals surface area contributed by atoms with E-state index < -0.39 is 17.2 Å². The zero-order chi connectivity index (χ0) is 14.2. The molecule has 0 aliphatic heterocycles. The van der Waals surface area contributed by atoms with E-state index in [-0.39, 0.29) is 10.6 Å². The summed E-state index contributed by atoms with van der Waals surface area (Å²) in [4.78, 5) is 30.6. The van der Waals surface area contributed by atoms with E-state index in [9.17, 15) is 14.7 Å². The topological polar surface area (TPSA) is 100 Å². The molecule has 0 saturated heterocycles. The van der Waals surface area contributed by atoms with Gasteiger partial charge in [0.05, 0.1) is 5.69 Å². The first-order chi connectivity index (χ1) is 8.90. The highest BCUT2D eigenvalue weighted by molar-refractivity contribution is 8.00. The summed E-state index contributed by atoms with van der Waals surface area (Å²) in [7, 11) is 0. The summed E-state index contributed by atoms with van der Waals surface area (Å²) in [5, 5.41) is 17.6. The van der Waals surface area contributed by atoms with Crippen LogP contribution in [0.1, 0.15) is 47.6 Å². The molecule has 0 spiro atoms. The molecule has 1 heterocycles. The highest BCUT2D eigenvalue weighted by atomic mass is 32.2. The maximum atomic E-state index is 11.2. The molecule has 102 valence electrons. The number of carboxylic acids is 2. The number of nitrogens with zero attached hydrogens (tertiary/aromatic N) is 2. The summed E-state index contributed by atoms with van der Waals surface area (Å²) in [5.41, 5.74) is 0.395. The van der Waals surface area contributed by atoms with Crippen molar-refractivity contribution in [3.05, 3.63) is 17.1 Å². The zero-order valence-corrected chi connectivity index (χ0v) is 11.4. The number of hydrogen-bond donors (Lipinski definition) is 2. The number of aromatic nitrogens is 2. The third-order valence-corrected chi connectivity index (χ3v) is 3.94. The van der Waals surface area contributed by atoms with Crippen LogP contribution in [0.25, 0.3) is 0 Å². The maximum Gasteiger partial charge on any atom is 0.340 e. The molecule has 1 aromatic heterocycles. The van der Waals surface area contributed by atoms with E-state index in [1.165, 1.54) is 6.92 Å². The average molecular weight is 282 g/mol. The predicted molar refractivity (Wildman–Crippen MR) is 68.7 cm³/mol. The van der Waals surface area contributed by atoms with Gasteiger partial charge >= 0.3 is 11.9 Å². The minimum atomic E-state index is -1.13. The molecular formula is C12H14N2O4S. The second-order valence-electron chi connectivity index (χ2n) is 4.53. The summed E-state index contributed by atoms with van der Waals surface area (Å²) < 4.78 is 0. The molecule has 2 rings (SSSR count). The molecule has 1 aromatic rings. The quantitative estimate of drug-likeness (QED) is 0.628. The number of aliphatic carboxylic acids is 1. The first-order valence-corrected chi connectivity index (χ1v) is 6.79. The van der Waals surface area contributed by atoms with Crippen LogP contribution in [0.15, 0.2) is 5.03 Å². The van der Waals surface area contributed by atoms with E-state index in [4.69, 9.17) is 5.11 Å². The van der Waals surface area contributed by atoms with Crippen molar-refractivity contribution in [1.82, 2.24) is 9.97 Å². The normalized spacial score (nSPS) is 16.1. The summed E-state index contributed by atoms with van der Waals surface area (Å²) in [5.74, 6) is -1.20. The molecule has 0 radical (unpaired) electrons. The molecule has 6 nitrogen and oxygen atoms in total. The highest BCUT2D eigenvalue weighted by Gasteiger charge is 2.30. The Labute approximate surface area is 114 Å². The van der Waals surface area contributed by atoms with Gasteiger partial charge in [0.1, 0.15) is 21.7 Å². The van der Waals surface area contributed by atoms with Crippen LogP contribution in [0.3, 0.4) is 0 Å². The minimum Gasteiger partial charge on any atom is -0.480 e. The van der Waals surface area contributed by atoms with Gasteiger partial charge in [-0.25, -0.2) is 14.8 Å². The summed E-state index contributed by atoms with van der Waals surface area (Å²) in [6.45, 7) is 3.12. The van der Waals surface area contributed by atoms with Gasteiger partial charge in [-0.3, -0.25) is 4.79 Å². The second kappa shape index (κ2) is 5.16. The van der Waals surface area contributed by atoms with Crippen molar-refractivity contribution in [3.63, 3.8) is 0 Å². The van der Waals surface area contributed by atoms with Crippen LogP contribution in [-0.2, 0) is 4.79 Å². The number of carboxylic acid groups (broad SMARTS) is 2. The molecule has 19 heavy (non-hydrogen) atoms. The first kappa shape index (κ1) is 13.8. The van der Waals surface area contributed by atoms with Crippen LogP contribution in [0, 0.1) is 6.92 Å². The predicted octanol–water partition coefficient (Wildman–Crippen LogP) is 1.93. The molecule has 1 unspecified atom stereocenters. The Morgan fingerprint density at radius 2 is 1.95 bits per heavy atom. The van der Waals surface area contributed by atoms with Crippen LogP contribution in [0.2, 0.25) is 0 Å². The van der Waals surface area contributed by atoms with Gasteiger partial charge in [-0.15, -0.1) is 0 Å². The second-order valence-corrected chi connectivity index (χ2v) is 5.85. The monoisotopic (exact) mass is 282 g/mol. The van der Waals surface area contributed by atoms with Gasteiger partial charge in [0.2, 0.25) is 0 Å². The van der Waals surface area contributed by atoms with Crippen LogP contribution in [0.4, 0.5) is 0 Å². The number of thioether (sulfide) groups is 1. The van der Waals surface area contributed by atoms with Gasteiger partial charge in [-0.05, 0) is 26.7 Å². The van der Waals surface area contributed by atoms with Gasteiger partial charge in [0.25, 0.3) is 0 Å². The Hall–Kier alpha value is -1.63. The zero-order valence-electron chi connectivity index (χ0n) is 10.6. The van der Waals surface area contributed by atoms with E-state index in [0.717, 1.165) is 24.6 Å². The minimum absolute atomic E-state index is 0.00231. The van der Waals surface area contributed by atoms with Gasteiger partial charge in [0.15, 0.2) is 0 Å². The van der Waals surface area contributed by atoms with Gasteiger partial charge in [-0.2, -0.15) is 0 Å². The van der Waals surface area contributed by atoms with E-state index >= 15 is 0 Å². The van der Waals surface area contributed by atoms with Crippen molar-refractivity contribution in [3.8, 4) is 0 Å². The molecule has 0 aromatic carbocycles. The molecule has 1 fully saturated rings. The Bertz CT molecular complexity index is 543. The van der Waals surface area contributed by atoms with E-state index in [2.05, 4.69) is 9.97 Å². The maximum absolute atomic E-state index is 11.2. The van der Waals surface area contributed by atoms with Gasteiger partial charge < -0.3 is 10.2 Å². The highest BCUT2D eigenvalue weighted by Crippen LogP contribution is 2.39. The number of rotatable bonds is 5. The fraction of sp³-hybridized carbons (Fsp3) is 0.500. The molecule has 1 atom stereocenters. The Kier molecular flexibility index (Phi) is 3.75. The van der Waals surface area contributed by atoms with Crippen molar-refractivity contribution < 1.29 is 19.8 Å². The summed E-state index contributed by atoms with van der Waals surface area (Å²) in [6, 6.07) is 0. The lowest BCUT2D eigenvalue weighted by molar-refractivity contribution is -0.136. The van der Waals surface area contributed by atoms with Crippen LogP contribution >= 0.6 is 11.8 Å². The Morgan fingerprint density at radius 1 is 1.32 bits per heavy atom. The first-order valence-electron chi connectivity index (χ1n) is 5.91. The fourth-order valence-electron chi connectivity index (χ4n) is 1.64. The molecule has 1 aliphatic carbocycles. The standard InChI is InChI=1S/C12H14N2O4S/c1-5-8(12(17)18)10(19-6(2)11(15)16)14-9(13-5)7-3-4-7/h6-7H,3-4H2,1-2H3,(H,15,16)(H,17,18). The molecular weight excluding hydrogens is 268 g/mol. The van der Waals surface area contributed by atoms with Crippen molar-refractivity contribution in [2.24, 2.45) is 0 Å². The third kappa shape index (κ3) is 3.04. The lowest BCUT2D eigenvalue weighted by atomic mass is 10.2. The molecule has 0 bridgehead atoms. The van der Waals surface area contributed by atoms with Crippen molar-refractivity contribution in [2.75, 3.05) is 0 Å². The number of carbonyl (C=O) groups is 2. The fourth-order valence-corrected chi connectivity index (χ4v) is 2.58. The Balaban J connectivity index is 2.41. The van der Waals surface area contributed by atoms with Crippen LogP contribution in [-0.4, -0.2) is 37.4 Å². The van der Waals surface area contributed by atoms with E-state index in [0.29, 0.717) is 17.4 Å². The van der Waals surface area contributed by atoms with E-state index in [1.54, 1.807) is 6.92 Å². The number of aromatic carboxylic acids is 1. The lowest BCUT2D eigenvalue weighted by Gasteiger charge is -2.11. The van der Waals surface area contributed by atoms with Gasteiger partial charge in [-0.1, -0.05) is 11.8 Å². The molecule has 1 saturated carbocycles. The summed E-state index contributed by atoms with van der Waals surface area (Å²) >= 11 is 0.949. The summed E-state index contributed by atoms with van der Waals surface area (Å²) in [6.07, 6.45) is 2.01. The third-order valence-electron chi connectivity index (χ3n) is 2.87. The van der Waals surface area contributed by atoms with E-state index in [1.807, 2.05) is 0 Å². The molecule has 2 N–H and O–H groups in total. The lowest BCUT2D eigenvalue weighted by Crippen LogP contribution is -2.15. The van der Waals surface area contributed by atoms with Crippen molar-refractivity contribution in [2.45, 2.75) is 42.9 Å². The van der Waals surface area contributed by atoms with Crippen molar-refractivity contribution >= 4 is 23.7 Å². The number of hydrogen-bond acceptors (Lipinski definition) is 5. The smallest absolute Gasteiger partial charge is 0.340 e. The number of aryl methyl sites for hydroxylation is 1. The largest absolute Gasteiger partial charge is 0.480 e. The van der Waals surface area contributed by atoms with Gasteiger partial charge in [0, 0.05) is 5.92 Å². The molecule has 7 heteroatoms. The van der Waals surface area contributed by atoms with Crippen LogP contribution < -0.4 is 0 Å². The Morgan fingerprint density at radius 3 is 2.42 bits per heavy atom. The molecule has 0 amide bonds. The van der Waals surface area contributed by atoms with Crippen LogP contribution in [0.5, 0.6) is 0 Å².